The van der Waals surface area contributed by atoms with E-state index in [1.807, 2.05) is 13.8 Å². The Bertz CT molecular complexity index is 132. The molecule has 0 rings (SSSR count). The number of nitrogens with two attached hydrogens (primary N) is 1. The average molecular weight is 221 g/mol. The number of amidine groups is 1. The van der Waals surface area contributed by atoms with E-state index < -0.39 is 0 Å². The van der Waals surface area contributed by atoms with Crippen LogP contribution in [0.2, 0.25) is 0 Å². The van der Waals surface area contributed by atoms with Crippen LogP contribution in [0.3, 0.4) is 0 Å². The van der Waals surface area contributed by atoms with Gasteiger partial charge in [0.25, 0.3) is 0 Å². The van der Waals surface area contributed by atoms with Gasteiger partial charge >= 0.3 is 0 Å². The lowest BCUT2D eigenvalue weighted by Crippen LogP contribution is -2.30. The van der Waals surface area contributed by atoms with Crippen LogP contribution in [0.5, 0.6) is 0 Å². The monoisotopic (exact) mass is 220 g/mol. The van der Waals surface area contributed by atoms with Gasteiger partial charge in [-0.05, 0) is 12.8 Å². The molecule has 0 aromatic rings. The zero-order valence-electron chi connectivity index (χ0n) is 7.28. The molecule has 0 unspecified atom stereocenters. The first-order chi connectivity index (χ1) is 5.00. The van der Waals surface area contributed by atoms with Crippen molar-refractivity contribution >= 4 is 21.8 Å². The Morgan fingerprint density at radius 3 is 2.36 bits per heavy atom. The third-order valence-electron chi connectivity index (χ3n) is 1.91. The predicted octanol–water partition coefficient (Wildman–Crippen LogP) is 2.51. The van der Waals surface area contributed by atoms with Gasteiger partial charge in [-0.15, -0.1) is 0 Å². The highest BCUT2D eigenvalue weighted by molar-refractivity contribution is 9.09. The second-order valence-electron chi connectivity index (χ2n) is 3.44. The smallest absolute Gasteiger partial charge is 0.0963 e. The van der Waals surface area contributed by atoms with Gasteiger partial charge in [0.15, 0.2) is 0 Å². The average Bonchev–Trinajstić information content (AvgIpc) is 1.88. The molecule has 0 fully saturated rings. The van der Waals surface area contributed by atoms with Crippen LogP contribution in [-0.2, 0) is 0 Å². The zero-order valence-corrected chi connectivity index (χ0v) is 8.87. The Balaban J connectivity index is 3.64. The van der Waals surface area contributed by atoms with Crippen molar-refractivity contribution in [2.45, 2.75) is 33.1 Å². The topological polar surface area (TPSA) is 49.9 Å². The van der Waals surface area contributed by atoms with Crippen LogP contribution < -0.4 is 5.73 Å². The van der Waals surface area contributed by atoms with Crippen molar-refractivity contribution in [1.82, 2.24) is 0 Å². The molecule has 11 heavy (non-hydrogen) atoms. The van der Waals surface area contributed by atoms with E-state index in [9.17, 15) is 0 Å². The molecule has 0 spiro atoms. The fraction of sp³-hybridized carbons (Fsp3) is 0.875. The Labute approximate surface area is 77.2 Å². The maximum atomic E-state index is 7.30. The first-order valence-corrected chi connectivity index (χ1v) is 5.03. The van der Waals surface area contributed by atoms with Crippen molar-refractivity contribution < 1.29 is 0 Å². The van der Waals surface area contributed by atoms with Crippen molar-refractivity contribution in [1.29, 1.82) is 5.41 Å². The number of hydrogen-bond donors (Lipinski definition) is 2. The lowest BCUT2D eigenvalue weighted by Gasteiger charge is -2.22. The van der Waals surface area contributed by atoms with Gasteiger partial charge in [0, 0.05) is 10.7 Å². The van der Waals surface area contributed by atoms with Gasteiger partial charge in [-0.3, -0.25) is 5.41 Å². The van der Waals surface area contributed by atoms with E-state index in [2.05, 4.69) is 15.9 Å². The molecule has 0 aliphatic carbocycles. The van der Waals surface area contributed by atoms with Crippen LogP contribution in [0.25, 0.3) is 0 Å². The minimum atomic E-state index is -0.109. The minimum absolute atomic E-state index is 0.109. The van der Waals surface area contributed by atoms with Crippen LogP contribution in [-0.4, -0.2) is 11.2 Å². The highest BCUT2D eigenvalue weighted by Gasteiger charge is 2.20. The van der Waals surface area contributed by atoms with Gasteiger partial charge < -0.3 is 5.73 Å². The lowest BCUT2D eigenvalue weighted by molar-refractivity contribution is 0.448. The van der Waals surface area contributed by atoms with Gasteiger partial charge in [0.2, 0.25) is 0 Å². The number of halogens is 1. The van der Waals surface area contributed by atoms with Crippen LogP contribution in [0.15, 0.2) is 0 Å². The minimum Gasteiger partial charge on any atom is -0.387 e. The third kappa shape index (κ3) is 4.40. The molecule has 0 aromatic heterocycles. The first-order valence-electron chi connectivity index (χ1n) is 3.91. The summed E-state index contributed by atoms with van der Waals surface area (Å²) in [4.78, 5) is 0. The molecule has 0 saturated carbocycles. The summed E-state index contributed by atoms with van der Waals surface area (Å²) >= 11 is 3.37. The van der Waals surface area contributed by atoms with Crippen molar-refractivity contribution in [2.75, 3.05) is 5.33 Å². The largest absolute Gasteiger partial charge is 0.387 e. The Morgan fingerprint density at radius 2 is 2.00 bits per heavy atom. The summed E-state index contributed by atoms with van der Waals surface area (Å²) < 4.78 is 0. The summed E-state index contributed by atoms with van der Waals surface area (Å²) in [5.41, 5.74) is 5.32. The molecule has 0 radical (unpaired) electrons. The number of rotatable bonds is 5. The predicted molar refractivity (Wildman–Crippen MR) is 53.3 cm³/mol. The van der Waals surface area contributed by atoms with E-state index in [1.165, 1.54) is 0 Å². The molecular weight excluding hydrogens is 204 g/mol. The molecule has 0 atom stereocenters. The Kier molecular flexibility index (Phi) is 4.73. The lowest BCUT2D eigenvalue weighted by atomic mass is 9.86. The van der Waals surface area contributed by atoms with Crippen LogP contribution in [0.4, 0.5) is 0 Å². The van der Waals surface area contributed by atoms with E-state index in [4.69, 9.17) is 11.1 Å². The summed E-state index contributed by atoms with van der Waals surface area (Å²) in [6, 6.07) is 0. The zero-order chi connectivity index (χ0) is 8.91. The summed E-state index contributed by atoms with van der Waals surface area (Å²) in [6.07, 6.45) is 3.31. The molecule has 0 saturated heterocycles. The quantitative estimate of drug-likeness (QED) is 0.318. The van der Waals surface area contributed by atoms with E-state index >= 15 is 0 Å². The number of alkyl halides is 1. The molecule has 3 heteroatoms. The summed E-state index contributed by atoms with van der Waals surface area (Å²) in [7, 11) is 0. The first kappa shape index (κ1) is 11.0. The molecule has 0 bridgehead atoms. The molecule has 0 heterocycles. The normalized spacial score (nSPS) is 11.5. The van der Waals surface area contributed by atoms with Gasteiger partial charge in [-0.2, -0.15) is 0 Å². The van der Waals surface area contributed by atoms with Crippen molar-refractivity contribution in [3.05, 3.63) is 0 Å². The van der Waals surface area contributed by atoms with E-state index in [-0.39, 0.29) is 5.41 Å². The standard InChI is InChI=1S/C8H17BrN2/c1-8(2,7(10)11)5-3-4-6-9/h3-6H2,1-2H3,(H3,10,11). The van der Waals surface area contributed by atoms with Crippen LogP contribution in [0, 0.1) is 10.8 Å². The van der Waals surface area contributed by atoms with E-state index in [0.717, 1.165) is 24.6 Å². The fourth-order valence-electron chi connectivity index (χ4n) is 0.796. The molecule has 2 nitrogen and oxygen atoms in total. The molecule has 3 N–H and O–H groups in total. The summed E-state index contributed by atoms with van der Waals surface area (Å²) in [6.45, 7) is 4.03. The van der Waals surface area contributed by atoms with E-state index in [0.29, 0.717) is 5.84 Å². The summed E-state index contributed by atoms with van der Waals surface area (Å²) in [5.74, 6) is 0.298. The SMILES string of the molecule is CC(C)(CCCCBr)C(=N)N. The second-order valence-corrected chi connectivity index (χ2v) is 4.24. The molecule has 66 valence electrons. The molecule has 0 amide bonds. The molecule has 0 aromatic carbocycles. The highest BCUT2D eigenvalue weighted by Crippen LogP contribution is 2.22. The van der Waals surface area contributed by atoms with Crippen LogP contribution in [0.1, 0.15) is 33.1 Å². The number of nitrogens with one attached hydrogen (secondary N) is 1. The Hall–Kier alpha value is -0.0500. The maximum Gasteiger partial charge on any atom is 0.0963 e. The van der Waals surface area contributed by atoms with Crippen molar-refractivity contribution in [3.8, 4) is 0 Å². The third-order valence-corrected chi connectivity index (χ3v) is 2.48. The van der Waals surface area contributed by atoms with Crippen LogP contribution >= 0.6 is 15.9 Å². The second kappa shape index (κ2) is 4.75. The van der Waals surface area contributed by atoms with Crippen molar-refractivity contribution in [2.24, 2.45) is 11.1 Å². The Morgan fingerprint density at radius 1 is 1.45 bits per heavy atom. The van der Waals surface area contributed by atoms with Gasteiger partial charge in [0.1, 0.15) is 0 Å². The van der Waals surface area contributed by atoms with Crippen molar-refractivity contribution in [3.63, 3.8) is 0 Å². The maximum absolute atomic E-state index is 7.30. The van der Waals surface area contributed by atoms with Gasteiger partial charge in [-0.25, -0.2) is 0 Å². The molecule has 0 aliphatic rings. The van der Waals surface area contributed by atoms with Gasteiger partial charge in [0.05, 0.1) is 5.84 Å². The highest BCUT2D eigenvalue weighted by atomic mass is 79.9. The van der Waals surface area contributed by atoms with E-state index in [1.54, 1.807) is 0 Å². The number of hydrogen-bond acceptors (Lipinski definition) is 1. The molecule has 0 aliphatic heterocycles. The number of unbranched alkanes of at least 4 members (excludes halogenated alkanes) is 1. The molecular formula is C8H17BrN2. The fourth-order valence-corrected chi connectivity index (χ4v) is 1.19. The van der Waals surface area contributed by atoms with Gasteiger partial charge in [-0.1, -0.05) is 36.2 Å². The summed E-state index contributed by atoms with van der Waals surface area (Å²) in [5, 5.41) is 8.34.